The molecule has 2 aromatic rings. The molecule has 1 saturated carbocycles. The van der Waals surface area contributed by atoms with Gasteiger partial charge in [0.2, 0.25) is 5.91 Å². The van der Waals surface area contributed by atoms with Crippen molar-refractivity contribution < 1.29 is 18.8 Å². The quantitative estimate of drug-likeness (QED) is 0.673. The van der Waals surface area contributed by atoms with Gasteiger partial charge in [-0.3, -0.25) is 4.79 Å². The Bertz CT molecular complexity index is 907. The lowest BCUT2D eigenvalue weighted by Crippen LogP contribution is -2.40. The number of para-hydroxylation sites is 1. The van der Waals surface area contributed by atoms with E-state index in [-0.39, 0.29) is 23.7 Å². The van der Waals surface area contributed by atoms with Gasteiger partial charge in [-0.05, 0) is 42.7 Å². The molecule has 4 rings (SSSR count). The van der Waals surface area contributed by atoms with Gasteiger partial charge in [0.25, 0.3) is 0 Å². The van der Waals surface area contributed by atoms with Crippen LogP contribution in [0.25, 0.3) is 0 Å². The van der Waals surface area contributed by atoms with Crippen molar-refractivity contribution in [3.63, 3.8) is 0 Å². The molecular formula is C24H27FN2O3. The molecule has 158 valence electrons. The van der Waals surface area contributed by atoms with Gasteiger partial charge in [0.15, 0.2) is 6.10 Å². The molecule has 2 aromatic carbocycles. The second kappa shape index (κ2) is 9.28. The zero-order chi connectivity index (χ0) is 20.9. The second-order valence-electron chi connectivity index (χ2n) is 8.00. The number of hydrogen-bond acceptors (Lipinski definition) is 4. The smallest absolute Gasteiger partial charge is 0.226 e. The van der Waals surface area contributed by atoms with Crippen LogP contribution < -0.4 is 4.74 Å². The molecule has 0 N–H and O–H groups in total. The predicted octanol–water partition coefficient (Wildman–Crippen LogP) is 4.55. The second-order valence-corrected chi connectivity index (χ2v) is 8.00. The van der Waals surface area contributed by atoms with E-state index in [4.69, 9.17) is 9.57 Å². The zero-order valence-corrected chi connectivity index (χ0v) is 17.2. The largest absolute Gasteiger partial charge is 0.496 e. The van der Waals surface area contributed by atoms with Crippen LogP contribution in [-0.2, 0) is 16.2 Å². The van der Waals surface area contributed by atoms with Gasteiger partial charge < -0.3 is 14.5 Å². The highest BCUT2D eigenvalue weighted by molar-refractivity contribution is 6.03. The van der Waals surface area contributed by atoms with E-state index in [9.17, 15) is 9.18 Å². The van der Waals surface area contributed by atoms with Crippen LogP contribution in [0.4, 0.5) is 4.39 Å². The summed E-state index contributed by atoms with van der Waals surface area (Å²) in [5.74, 6) is 0.708. The molecule has 1 fully saturated rings. The summed E-state index contributed by atoms with van der Waals surface area (Å²) >= 11 is 0. The van der Waals surface area contributed by atoms with Crippen LogP contribution in [0, 0.1) is 11.7 Å². The van der Waals surface area contributed by atoms with Crippen LogP contribution in [-0.4, -0.2) is 36.3 Å². The normalized spacial score (nSPS) is 18.7. The standard InChI is InChI=1S/C24H27FN2O3/c1-29-23-9-5-4-8-21(23)22-14-20(30-26-22)16-27(24(28)18-6-2-3-7-18)15-17-10-12-19(25)13-11-17/h4-5,8-13,18,20H,2-3,6-7,14-16H2,1H3/t20-/m0/s1. The Kier molecular flexibility index (Phi) is 6.31. The van der Waals surface area contributed by atoms with Gasteiger partial charge in [-0.1, -0.05) is 42.3 Å². The molecule has 6 heteroatoms. The third-order valence-corrected chi connectivity index (χ3v) is 5.88. The van der Waals surface area contributed by atoms with E-state index >= 15 is 0 Å². The Labute approximate surface area is 176 Å². The molecular weight excluding hydrogens is 383 g/mol. The lowest BCUT2D eigenvalue weighted by Gasteiger charge is -2.27. The average Bonchev–Trinajstić information content (AvgIpc) is 3.47. The maximum absolute atomic E-state index is 13.3. The molecule has 5 nitrogen and oxygen atoms in total. The highest BCUT2D eigenvalue weighted by Gasteiger charge is 2.32. The summed E-state index contributed by atoms with van der Waals surface area (Å²) < 4.78 is 18.7. The summed E-state index contributed by atoms with van der Waals surface area (Å²) in [6, 6.07) is 14.1. The first kappa shape index (κ1) is 20.4. The lowest BCUT2D eigenvalue weighted by atomic mass is 10.0. The number of nitrogens with zero attached hydrogens (tertiary/aromatic N) is 2. The molecule has 1 heterocycles. The Morgan fingerprint density at radius 3 is 2.63 bits per heavy atom. The summed E-state index contributed by atoms with van der Waals surface area (Å²) in [4.78, 5) is 20.7. The highest BCUT2D eigenvalue weighted by atomic mass is 19.1. The molecule has 1 atom stereocenters. The van der Waals surface area contributed by atoms with E-state index in [1.54, 1.807) is 19.2 Å². The van der Waals surface area contributed by atoms with Crippen molar-refractivity contribution in [3.05, 3.63) is 65.5 Å². The fraction of sp³-hybridized carbons (Fsp3) is 0.417. The van der Waals surface area contributed by atoms with Gasteiger partial charge in [-0.2, -0.15) is 0 Å². The maximum atomic E-state index is 13.3. The van der Waals surface area contributed by atoms with Crippen molar-refractivity contribution in [2.45, 2.75) is 44.8 Å². The minimum Gasteiger partial charge on any atom is -0.496 e. The van der Waals surface area contributed by atoms with Crippen LogP contribution >= 0.6 is 0 Å². The fourth-order valence-corrected chi connectivity index (χ4v) is 4.29. The molecule has 30 heavy (non-hydrogen) atoms. The monoisotopic (exact) mass is 410 g/mol. The summed E-state index contributed by atoms with van der Waals surface area (Å²) in [5, 5.41) is 4.27. The van der Waals surface area contributed by atoms with E-state index < -0.39 is 0 Å². The Hall–Kier alpha value is -2.89. The molecule has 2 aliphatic rings. The number of carbonyl (C=O) groups excluding carboxylic acids is 1. The van der Waals surface area contributed by atoms with Gasteiger partial charge in [0, 0.05) is 24.4 Å². The topological polar surface area (TPSA) is 51.1 Å². The van der Waals surface area contributed by atoms with Crippen molar-refractivity contribution in [2.24, 2.45) is 11.1 Å². The number of amides is 1. The number of ether oxygens (including phenoxy) is 1. The summed E-state index contributed by atoms with van der Waals surface area (Å²) in [5.41, 5.74) is 2.65. The van der Waals surface area contributed by atoms with Crippen LogP contribution in [0.1, 0.15) is 43.2 Å². The molecule has 1 aliphatic heterocycles. The number of rotatable bonds is 7. The van der Waals surface area contributed by atoms with Crippen molar-refractivity contribution in [3.8, 4) is 5.75 Å². The van der Waals surface area contributed by atoms with Crippen LogP contribution in [0.15, 0.2) is 53.7 Å². The van der Waals surface area contributed by atoms with Gasteiger partial charge in [0.05, 0.1) is 19.4 Å². The molecule has 0 radical (unpaired) electrons. The molecule has 0 saturated heterocycles. The Morgan fingerprint density at radius 1 is 1.17 bits per heavy atom. The zero-order valence-electron chi connectivity index (χ0n) is 17.2. The van der Waals surface area contributed by atoms with E-state index in [0.717, 1.165) is 48.3 Å². The van der Waals surface area contributed by atoms with E-state index in [0.29, 0.717) is 19.5 Å². The molecule has 1 amide bonds. The van der Waals surface area contributed by atoms with Gasteiger partial charge in [-0.25, -0.2) is 4.39 Å². The van der Waals surface area contributed by atoms with Crippen molar-refractivity contribution in [1.29, 1.82) is 0 Å². The fourth-order valence-electron chi connectivity index (χ4n) is 4.29. The third kappa shape index (κ3) is 4.64. The van der Waals surface area contributed by atoms with Gasteiger partial charge >= 0.3 is 0 Å². The number of carbonyl (C=O) groups is 1. The number of benzene rings is 2. The molecule has 0 aromatic heterocycles. The maximum Gasteiger partial charge on any atom is 0.226 e. The molecule has 1 aliphatic carbocycles. The highest BCUT2D eigenvalue weighted by Crippen LogP contribution is 2.29. The lowest BCUT2D eigenvalue weighted by molar-refractivity contribution is -0.137. The van der Waals surface area contributed by atoms with Gasteiger partial charge in [0.1, 0.15) is 11.6 Å². The van der Waals surface area contributed by atoms with Crippen molar-refractivity contribution in [2.75, 3.05) is 13.7 Å². The minimum absolute atomic E-state index is 0.0708. The van der Waals surface area contributed by atoms with Crippen molar-refractivity contribution >= 4 is 11.6 Å². The Morgan fingerprint density at radius 2 is 1.90 bits per heavy atom. The first-order valence-electron chi connectivity index (χ1n) is 10.5. The number of hydrogen-bond donors (Lipinski definition) is 0. The van der Waals surface area contributed by atoms with Gasteiger partial charge in [-0.15, -0.1) is 0 Å². The average molecular weight is 410 g/mol. The van der Waals surface area contributed by atoms with E-state index in [1.807, 2.05) is 29.2 Å². The molecule has 0 unspecified atom stereocenters. The van der Waals surface area contributed by atoms with Crippen LogP contribution in [0.3, 0.4) is 0 Å². The van der Waals surface area contributed by atoms with E-state index in [2.05, 4.69) is 5.16 Å². The summed E-state index contributed by atoms with van der Waals surface area (Å²) in [6.45, 7) is 0.897. The SMILES string of the molecule is COc1ccccc1C1=NO[C@H](CN(Cc2ccc(F)cc2)C(=O)C2CCCC2)C1. The Balaban J connectivity index is 1.46. The predicted molar refractivity (Wildman–Crippen MR) is 113 cm³/mol. The first-order valence-corrected chi connectivity index (χ1v) is 10.5. The van der Waals surface area contributed by atoms with Crippen LogP contribution in [0.5, 0.6) is 5.75 Å². The molecule has 0 spiro atoms. The van der Waals surface area contributed by atoms with Crippen molar-refractivity contribution in [1.82, 2.24) is 4.90 Å². The van der Waals surface area contributed by atoms with E-state index in [1.165, 1.54) is 12.1 Å². The summed E-state index contributed by atoms with van der Waals surface area (Å²) in [7, 11) is 1.64. The van der Waals surface area contributed by atoms with Crippen LogP contribution in [0.2, 0.25) is 0 Å². The third-order valence-electron chi connectivity index (χ3n) is 5.88. The number of halogens is 1. The molecule has 0 bridgehead atoms. The minimum atomic E-state index is -0.276. The number of oxime groups is 1. The summed E-state index contributed by atoms with van der Waals surface area (Å²) in [6.07, 6.45) is 4.47. The first-order chi connectivity index (χ1) is 14.6. The number of methoxy groups -OCH3 is 1.